The van der Waals surface area contributed by atoms with Crippen molar-refractivity contribution in [1.29, 1.82) is 0 Å². The molecular formula is C18H19N3O4. The van der Waals surface area contributed by atoms with Crippen molar-refractivity contribution >= 4 is 17.4 Å². The third-order valence-electron chi connectivity index (χ3n) is 4.66. The fourth-order valence-corrected chi connectivity index (χ4v) is 3.25. The van der Waals surface area contributed by atoms with Gasteiger partial charge in [0.2, 0.25) is 0 Å². The molecule has 1 aliphatic carbocycles. The maximum Gasteiger partial charge on any atom is 0.320 e. The van der Waals surface area contributed by atoms with Gasteiger partial charge in [-0.15, -0.1) is 0 Å². The molecule has 2 amide bonds. The zero-order valence-corrected chi connectivity index (χ0v) is 13.8. The number of nitro benzene ring substituents is 1. The van der Waals surface area contributed by atoms with E-state index < -0.39 is 16.5 Å². The van der Waals surface area contributed by atoms with E-state index in [2.05, 4.69) is 10.6 Å². The zero-order chi connectivity index (χ0) is 18.0. The van der Waals surface area contributed by atoms with Gasteiger partial charge in [0.25, 0.3) is 5.69 Å². The Balaban J connectivity index is 1.81. The Morgan fingerprint density at radius 2 is 2.08 bits per heavy atom. The van der Waals surface area contributed by atoms with Crippen molar-refractivity contribution in [3.63, 3.8) is 0 Å². The number of aliphatic hydroxyl groups is 1. The molecule has 0 spiro atoms. The molecule has 3 rings (SSSR count). The molecule has 25 heavy (non-hydrogen) atoms. The van der Waals surface area contributed by atoms with Crippen molar-refractivity contribution in [3.8, 4) is 0 Å². The van der Waals surface area contributed by atoms with E-state index in [4.69, 9.17) is 0 Å². The maximum absolute atomic E-state index is 12.5. The molecule has 3 N–H and O–H groups in total. The summed E-state index contributed by atoms with van der Waals surface area (Å²) in [5.74, 6) is 0. The summed E-state index contributed by atoms with van der Waals surface area (Å²) >= 11 is 0. The van der Waals surface area contributed by atoms with E-state index in [9.17, 15) is 20.0 Å². The average Bonchev–Trinajstić information content (AvgIpc) is 2.96. The van der Waals surface area contributed by atoms with Crippen molar-refractivity contribution in [1.82, 2.24) is 5.32 Å². The first-order valence-electron chi connectivity index (χ1n) is 7.99. The van der Waals surface area contributed by atoms with Gasteiger partial charge in [0.15, 0.2) is 0 Å². The van der Waals surface area contributed by atoms with Crippen LogP contribution in [0, 0.1) is 17.0 Å². The Morgan fingerprint density at radius 3 is 2.80 bits per heavy atom. The second-order valence-electron chi connectivity index (χ2n) is 6.23. The fourth-order valence-electron chi connectivity index (χ4n) is 3.25. The summed E-state index contributed by atoms with van der Waals surface area (Å²) in [6.07, 6.45) is 1.37. The lowest BCUT2D eigenvalue weighted by Gasteiger charge is -2.29. The number of amides is 2. The van der Waals surface area contributed by atoms with Crippen LogP contribution in [-0.4, -0.2) is 22.7 Å². The monoisotopic (exact) mass is 341 g/mol. The minimum atomic E-state index is -0.838. The van der Waals surface area contributed by atoms with Gasteiger partial charge in [-0.05, 0) is 36.5 Å². The molecule has 0 aliphatic heterocycles. The summed E-state index contributed by atoms with van der Waals surface area (Å²) in [6, 6.07) is 11.5. The van der Waals surface area contributed by atoms with Crippen LogP contribution in [0.4, 0.5) is 16.2 Å². The fraction of sp³-hybridized carbons (Fsp3) is 0.278. The highest BCUT2D eigenvalue weighted by Crippen LogP contribution is 2.36. The molecule has 0 aromatic heterocycles. The lowest BCUT2D eigenvalue weighted by atomic mass is 9.93. The third-order valence-corrected chi connectivity index (χ3v) is 4.66. The van der Waals surface area contributed by atoms with Gasteiger partial charge in [-0.1, -0.05) is 30.3 Å². The third kappa shape index (κ3) is 3.18. The molecule has 1 aliphatic rings. The molecule has 7 heteroatoms. The Hall–Kier alpha value is -2.93. The van der Waals surface area contributed by atoms with Crippen molar-refractivity contribution in [2.45, 2.75) is 25.3 Å². The van der Waals surface area contributed by atoms with Gasteiger partial charge in [-0.3, -0.25) is 10.1 Å². The second kappa shape index (κ2) is 6.52. The number of rotatable bonds is 4. The van der Waals surface area contributed by atoms with Crippen molar-refractivity contribution < 1.29 is 14.8 Å². The molecule has 0 fully saturated rings. The topological polar surface area (TPSA) is 105 Å². The van der Waals surface area contributed by atoms with E-state index in [1.54, 1.807) is 13.0 Å². The molecule has 1 unspecified atom stereocenters. The summed E-state index contributed by atoms with van der Waals surface area (Å²) in [5.41, 5.74) is 2.16. The van der Waals surface area contributed by atoms with Crippen LogP contribution in [0.25, 0.3) is 0 Å². The van der Waals surface area contributed by atoms with Crippen LogP contribution in [0.15, 0.2) is 42.5 Å². The number of nitrogens with one attached hydrogen (secondary N) is 2. The van der Waals surface area contributed by atoms with Crippen LogP contribution in [-0.2, 0) is 12.0 Å². The zero-order valence-electron chi connectivity index (χ0n) is 13.8. The molecule has 0 bridgehead atoms. The number of nitro groups is 1. The Morgan fingerprint density at radius 1 is 1.32 bits per heavy atom. The maximum atomic E-state index is 12.5. The van der Waals surface area contributed by atoms with Crippen molar-refractivity contribution in [2.75, 3.05) is 11.9 Å². The van der Waals surface area contributed by atoms with E-state index in [1.165, 1.54) is 12.1 Å². The highest BCUT2D eigenvalue weighted by molar-refractivity contribution is 5.91. The van der Waals surface area contributed by atoms with Crippen LogP contribution < -0.4 is 10.6 Å². The van der Waals surface area contributed by atoms with Crippen molar-refractivity contribution in [3.05, 3.63) is 69.3 Å². The quantitative estimate of drug-likeness (QED) is 0.587. The number of nitrogens with zero attached hydrogens (tertiary/aromatic N) is 1. The van der Waals surface area contributed by atoms with Crippen LogP contribution in [0.3, 0.4) is 0 Å². The number of non-ortho nitro benzene ring substituents is 1. The molecule has 0 saturated heterocycles. The molecule has 0 radical (unpaired) electrons. The van der Waals surface area contributed by atoms with Gasteiger partial charge in [-0.2, -0.15) is 0 Å². The molecule has 2 aromatic rings. The van der Waals surface area contributed by atoms with Gasteiger partial charge in [0, 0.05) is 12.1 Å². The molecule has 0 saturated carbocycles. The number of carbonyl (C=O) groups is 1. The number of carbonyl (C=O) groups excluding carboxylic acids is 1. The molecule has 1 atom stereocenters. The first kappa shape index (κ1) is 16.9. The number of anilines is 1. The highest BCUT2D eigenvalue weighted by Gasteiger charge is 2.39. The lowest BCUT2D eigenvalue weighted by molar-refractivity contribution is -0.384. The first-order valence-corrected chi connectivity index (χ1v) is 7.99. The Kier molecular flexibility index (Phi) is 4.41. The number of aryl methyl sites for hydroxylation is 2. The number of aliphatic hydroxyl groups excluding tert-OH is 1. The van der Waals surface area contributed by atoms with E-state index in [0.717, 1.165) is 17.5 Å². The number of hydrogen-bond acceptors (Lipinski definition) is 4. The SMILES string of the molecule is Cc1ccc([N+](=O)[O-])cc1NC(=O)NC1(CO)CCc2ccccc21. The van der Waals surface area contributed by atoms with Crippen LogP contribution in [0.1, 0.15) is 23.1 Å². The normalized spacial score (nSPS) is 18.5. The first-order chi connectivity index (χ1) is 11.9. The summed E-state index contributed by atoms with van der Waals surface area (Å²) in [5, 5.41) is 26.3. The second-order valence-corrected chi connectivity index (χ2v) is 6.23. The minimum Gasteiger partial charge on any atom is -0.394 e. The molecule has 130 valence electrons. The average molecular weight is 341 g/mol. The van der Waals surface area contributed by atoms with Crippen LogP contribution >= 0.6 is 0 Å². The summed E-state index contributed by atoms with van der Waals surface area (Å²) in [7, 11) is 0. The van der Waals surface area contributed by atoms with Gasteiger partial charge in [0.05, 0.1) is 22.8 Å². The standard InChI is InChI=1S/C18H19N3O4/c1-12-6-7-14(21(24)25)10-16(12)19-17(23)20-18(11-22)9-8-13-4-2-3-5-15(13)18/h2-7,10,22H,8-9,11H2,1H3,(H2,19,20,23). The smallest absolute Gasteiger partial charge is 0.320 e. The summed E-state index contributed by atoms with van der Waals surface area (Å²) in [4.78, 5) is 22.9. The van der Waals surface area contributed by atoms with E-state index in [-0.39, 0.29) is 12.3 Å². The van der Waals surface area contributed by atoms with Gasteiger partial charge in [-0.25, -0.2) is 4.79 Å². The van der Waals surface area contributed by atoms with Gasteiger partial charge < -0.3 is 15.7 Å². The van der Waals surface area contributed by atoms with Crippen LogP contribution in [0.5, 0.6) is 0 Å². The number of benzene rings is 2. The lowest BCUT2D eigenvalue weighted by Crippen LogP contribution is -2.49. The largest absolute Gasteiger partial charge is 0.394 e. The Labute approximate surface area is 144 Å². The molecule has 0 heterocycles. The predicted molar refractivity (Wildman–Crippen MR) is 93.5 cm³/mol. The molecule has 7 nitrogen and oxygen atoms in total. The van der Waals surface area contributed by atoms with Crippen molar-refractivity contribution in [2.24, 2.45) is 0 Å². The molecular weight excluding hydrogens is 322 g/mol. The predicted octanol–water partition coefficient (Wildman–Crippen LogP) is 2.86. The Bertz CT molecular complexity index is 837. The highest BCUT2D eigenvalue weighted by atomic mass is 16.6. The van der Waals surface area contributed by atoms with Crippen LogP contribution in [0.2, 0.25) is 0 Å². The summed E-state index contributed by atoms with van der Waals surface area (Å²) < 4.78 is 0. The minimum absolute atomic E-state index is 0.0935. The van der Waals surface area contributed by atoms with Gasteiger partial charge in [0.1, 0.15) is 0 Å². The van der Waals surface area contributed by atoms with E-state index in [1.807, 2.05) is 24.3 Å². The summed E-state index contributed by atoms with van der Waals surface area (Å²) in [6.45, 7) is 1.54. The number of urea groups is 1. The number of hydrogen-bond donors (Lipinski definition) is 3. The molecule has 2 aromatic carbocycles. The van der Waals surface area contributed by atoms with E-state index >= 15 is 0 Å². The van der Waals surface area contributed by atoms with E-state index in [0.29, 0.717) is 17.7 Å². The number of fused-ring (bicyclic) bond motifs is 1. The van der Waals surface area contributed by atoms with Gasteiger partial charge >= 0.3 is 6.03 Å².